The Morgan fingerprint density at radius 2 is 1.79 bits per heavy atom. The highest BCUT2D eigenvalue weighted by molar-refractivity contribution is 7.99. The number of carbonyl (C=O) groups is 1. The van der Waals surface area contributed by atoms with Crippen molar-refractivity contribution in [3.8, 4) is 11.5 Å². The van der Waals surface area contributed by atoms with Gasteiger partial charge in [-0.25, -0.2) is 4.79 Å². The fourth-order valence-electron chi connectivity index (χ4n) is 3.68. The molecule has 1 heterocycles. The molecule has 0 saturated carbocycles. The molecule has 1 N–H and O–H groups in total. The zero-order valence-corrected chi connectivity index (χ0v) is 19.2. The zero-order chi connectivity index (χ0) is 24.1. The summed E-state index contributed by atoms with van der Waals surface area (Å²) in [5, 5.41) is 2.07. The van der Waals surface area contributed by atoms with Crippen molar-refractivity contribution in [1.82, 2.24) is 4.90 Å². The average molecular weight is 489 g/mol. The van der Waals surface area contributed by atoms with E-state index >= 15 is 0 Å². The number of para-hydroxylation sites is 1. The van der Waals surface area contributed by atoms with Crippen LogP contribution in [0.4, 0.5) is 23.7 Å². The number of anilines is 1. The SMILES string of the molecule is COc1ccc(C2SCCN2C(=O)Nc2ccccc2C(F)(F)F)cc1OCc1ccccc1. The molecule has 34 heavy (non-hydrogen) atoms. The van der Waals surface area contributed by atoms with Gasteiger partial charge in [-0.2, -0.15) is 13.2 Å². The number of urea groups is 1. The van der Waals surface area contributed by atoms with Crippen LogP contribution in [0.5, 0.6) is 11.5 Å². The van der Waals surface area contributed by atoms with Crippen LogP contribution in [-0.4, -0.2) is 30.3 Å². The Kier molecular flexibility index (Phi) is 7.21. The number of carbonyl (C=O) groups excluding carboxylic acids is 1. The van der Waals surface area contributed by atoms with E-state index in [1.807, 2.05) is 42.5 Å². The van der Waals surface area contributed by atoms with Crippen molar-refractivity contribution in [1.29, 1.82) is 0 Å². The number of nitrogens with one attached hydrogen (secondary N) is 1. The van der Waals surface area contributed by atoms with Gasteiger partial charge < -0.3 is 19.7 Å². The molecular formula is C25H23F3N2O3S. The fourth-order valence-corrected chi connectivity index (χ4v) is 4.92. The van der Waals surface area contributed by atoms with Gasteiger partial charge in [-0.3, -0.25) is 0 Å². The van der Waals surface area contributed by atoms with Crippen LogP contribution >= 0.6 is 11.8 Å². The third-order valence-corrected chi connectivity index (χ3v) is 6.60. The van der Waals surface area contributed by atoms with Crippen LogP contribution in [0.15, 0.2) is 72.8 Å². The number of nitrogens with zero attached hydrogens (tertiary/aromatic N) is 1. The fraction of sp³-hybridized carbons (Fsp3) is 0.240. The molecule has 4 rings (SSSR count). The maximum Gasteiger partial charge on any atom is 0.418 e. The molecule has 0 bridgehead atoms. The van der Waals surface area contributed by atoms with Crippen LogP contribution in [0, 0.1) is 0 Å². The quantitative estimate of drug-likeness (QED) is 0.426. The van der Waals surface area contributed by atoms with Crippen molar-refractivity contribution < 1.29 is 27.4 Å². The number of methoxy groups -OCH3 is 1. The lowest BCUT2D eigenvalue weighted by atomic mass is 10.1. The van der Waals surface area contributed by atoms with E-state index in [0.717, 1.165) is 17.2 Å². The summed E-state index contributed by atoms with van der Waals surface area (Å²) in [7, 11) is 1.55. The Bertz CT molecular complexity index is 1140. The van der Waals surface area contributed by atoms with Crippen molar-refractivity contribution in [3.63, 3.8) is 0 Å². The van der Waals surface area contributed by atoms with Gasteiger partial charge >= 0.3 is 12.2 Å². The van der Waals surface area contributed by atoms with Gasteiger partial charge in [0.1, 0.15) is 12.0 Å². The molecule has 2 amide bonds. The summed E-state index contributed by atoms with van der Waals surface area (Å²) in [6.45, 7) is 0.748. The van der Waals surface area contributed by atoms with E-state index in [1.165, 1.54) is 34.9 Å². The van der Waals surface area contributed by atoms with Gasteiger partial charge in [0.2, 0.25) is 0 Å². The third-order valence-electron chi connectivity index (χ3n) is 5.34. The van der Waals surface area contributed by atoms with Crippen molar-refractivity contribution >= 4 is 23.5 Å². The van der Waals surface area contributed by atoms with Gasteiger partial charge in [0, 0.05) is 12.3 Å². The largest absolute Gasteiger partial charge is 0.493 e. The molecule has 1 saturated heterocycles. The lowest BCUT2D eigenvalue weighted by molar-refractivity contribution is -0.136. The molecule has 178 valence electrons. The van der Waals surface area contributed by atoms with Gasteiger partial charge in [-0.15, -0.1) is 11.8 Å². The van der Waals surface area contributed by atoms with E-state index in [4.69, 9.17) is 9.47 Å². The van der Waals surface area contributed by atoms with Gasteiger partial charge in [-0.1, -0.05) is 48.5 Å². The second-order valence-electron chi connectivity index (χ2n) is 7.57. The highest BCUT2D eigenvalue weighted by Gasteiger charge is 2.36. The summed E-state index contributed by atoms with van der Waals surface area (Å²) >= 11 is 1.54. The minimum Gasteiger partial charge on any atom is -0.493 e. The second-order valence-corrected chi connectivity index (χ2v) is 8.76. The van der Waals surface area contributed by atoms with E-state index in [-0.39, 0.29) is 11.1 Å². The topological polar surface area (TPSA) is 50.8 Å². The number of hydrogen-bond donors (Lipinski definition) is 1. The summed E-state index contributed by atoms with van der Waals surface area (Å²) < 4.78 is 51.4. The first-order valence-electron chi connectivity index (χ1n) is 10.6. The first-order valence-corrected chi connectivity index (χ1v) is 11.6. The minimum atomic E-state index is -4.57. The average Bonchev–Trinajstić information content (AvgIpc) is 3.33. The van der Waals surface area contributed by atoms with Gasteiger partial charge in [0.05, 0.1) is 18.4 Å². The summed E-state index contributed by atoms with van der Waals surface area (Å²) in [4.78, 5) is 14.5. The number of rotatable bonds is 6. The van der Waals surface area contributed by atoms with Crippen LogP contribution in [0.2, 0.25) is 0 Å². The highest BCUT2D eigenvalue weighted by atomic mass is 32.2. The number of alkyl halides is 3. The molecule has 0 aliphatic carbocycles. The molecule has 1 aliphatic rings. The number of hydrogen-bond acceptors (Lipinski definition) is 4. The van der Waals surface area contributed by atoms with Gasteiger partial charge in [0.15, 0.2) is 11.5 Å². The smallest absolute Gasteiger partial charge is 0.418 e. The molecule has 0 radical (unpaired) electrons. The summed E-state index contributed by atoms with van der Waals surface area (Å²) in [6.07, 6.45) is -4.57. The molecule has 1 unspecified atom stereocenters. The molecule has 1 aliphatic heterocycles. The van der Waals surface area contributed by atoms with Crippen molar-refractivity contribution in [2.24, 2.45) is 0 Å². The maximum absolute atomic E-state index is 13.3. The van der Waals surface area contributed by atoms with Crippen LogP contribution < -0.4 is 14.8 Å². The normalized spacial score (nSPS) is 15.8. The molecule has 1 atom stereocenters. The molecular weight excluding hydrogens is 465 g/mol. The van der Waals surface area contributed by atoms with Crippen LogP contribution in [0.1, 0.15) is 22.1 Å². The van der Waals surface area contributed by atoms with Crippen molar-refractivity contribution in [2.45, 2.75) is 18.2 Å². The molecule has 9 heteroatoms. The van der Waals surface area contributed by atoms with Crippen LogP contribution in [0.25, 0.3) is 0 Å². The van der Waals surface area contributed by atoms with E-state index in [2.05, 4.69) is 5.32 Å². The number of ether oxygens (including phenoxy) is 2. The summed E-state index contributed by atoms with van der Waals surface area (Å²) in [5.41, 5.74) is 0.644. The predicted octanol–water partition coefficient (Wildman–Crippen LogP) is 6.57. The summed E-state index contributed by atoms with van der Waals surface area (Å²) in [5.74, 6) is 1.74. The molecule has 3 aromatic carbocycles. The minimum absolute atomic E-state index is 0.266. The van der Waals surface area contributed by atoms with Crippen LogP contribution in [0.3, 0.4) is 0 Å². The Morgan fingerprint density at radius 3 is 2.53 bits per heavy atom. The molecule has 0 aromatic heterocycles. The predicted molar refractivity (Wildman–Crippen MR) is 126 cm³/mol. The second kappa shape index (κ2) is 10.3. The third kappa shape index (κ3) is 5.41. The Balaban J connectivity index is 1.53. The van der Waals surface area contributed by atoms with E-state index in [1.54, 1.807) is 13.2 Å². The first-order chi connectivity index (χ1) is 16.4. The Hall–Kier alpha value is -3.33. The first kappa shape index (κ1) is 23.8. The Labute approximate surface area is 199 Å². The molecule has 0 spiro atoms. The van der Waals surface area contributed by atoms with E-state index < -0.39 is 17.8 Å². The zero-order valence-electron chi connectivity index (χ0n) is 18.3. The Morgan fingerprint density at radius 1 is 1.06 bits per heavy atom. The molecule has 1 fully saturated rings. The van der Waals surface area contributed by atoms with Crippen molar-refractivity contribution in [2.75, 3.05) is 24.7 Å². The number of thioether (sulfide) groups is 1. The van der Waals surface area contributed by atoms with E-state index in [9.17, 15) is 18.0 Å². The lowest BCUT2D eigenvalue weighted by Crippen LogP contribution is -2.34. The number of amides is 2. The monoisotopic (exact) mass is 488 g/mol. The highest BCUT2D eigenvalue weighted by Crippen LogP contribution is 2.42. The standard InChI is InChI=1S/C25H23F3N2O3S/c1-32-21-12-11-18(15-22(21)33-16-17-7-3-2-4-8-17)23-30(13-14-34-23)24(31)29-20-10-6-5-9-19(20)25(26,27)28/h2-12,15,23H,13-14,16H2,1H3,(H,29,31). The number of halogens is 3. The maximum atomic E-state index is 13.3. The summed E-state index contributed by atoms with van der Waals surface area (Å²) in [6, 6.07) is 19.5. The van der Waals surface area contributed by atoms with Crippen molar-refractivity contribution in [3.05, 3.63) is 89.5 Å². The van der Waals surface area contributed by atoms with Gasteiger partial charge in [-0.05, 0) is 35.4 Å². The molecule has 5 nitrogen and oxygen atoms in total. The number of benzene rings is 3. The van der Waals surface area contributed by atoms with Gasteiger partial charge in [0.25, 0.3) is 0 Å². The molecule has 3 aromatic rings. The lowest BCUT2D eigenvalue weighted by Gasteiger charge is -2.26. The van der Waals surface area contributed by atoms with E-state index in [0.29, 0.717) is 30.4 Å². The van der Waals surface area contributed by atoms with Crippen LogP contribution in [-0.2, 0) is 12.8 Å².